The van der Waals surface area contributed by atoms with Crippen molar-refractivity contribution in [3.63, 3.8) is 0 Å². The van der Waals surface area contributed by atoms with Gasteiger partial charge in [0, 0.05) is 61.8 Å². The van der Waals surface area contributed by atoms with E-state index in [0.717, 1.165) is 44.1 Å². The Morgan fingerprint density at radius 3 is 2.43 bits per heavy atom. The Bertz CT molecular complexity index is 1120. The molecule has 0 bridgehead atoms. The van der Waals surface area contributed by atoms with Gasteiger partial charge in [-0.05, 0) is 62.6 Å². The third kappa shape index (κ3) is 5.97. The number of non-ortho nitro benzene ring substituents is 1. The second kappa shape index (κ2) is 10.9. The smallest absolute Gasteiger partial charge is 0.269 e. The van der Waals surface area contributed by atoms with Gasteiger partial charge in [0.25, 0.3) is 11.6 Å². The first kappa shape index (κ1) is 25.3. The minimum Gasteiger partial charge on any atom is -0.352 e. The van der Waals surface area contributed by atoms with E-state index in [4.69, 9.17) is 5.73 Å². The highest BCUT2D eigenvalue weighted by Crippen LogP contribution is 2.35. The Balaban J connectivity index is 1.34. The number of nitrogens with two attached hydrogens (primary N) is 1. The number of nitrogens with one attached hydrogen (secondary N) is 1. The zero-order valence-electron chi connectivity index (χ0n) is 20.9. The molecule has 2 amide bonds. The maximum Gasteiger partial charge on any atom is 0.269 e. The number of nitro groups is 1. The highest BCUT2D eigenvalue weighted by molar-refractivity contribution is 5.97. The van der Waals surface area contributed by atoms with E-state index >= 15 is 0 Å². The molecule has 37 heavy (non-hydrogen) atoms. The molecule has 2 heterocycles. The van der Waals surface area contributed by atoms with Crippen LogP contribution in [0.1, 0.15) is 60.9 Å². The molecule has 1 aliphatic heterocycles. The molecule has 0 spiro atoms. The summed E-state index contributed by atoms with van der Waals surface area (Å²) < 4.78 is 0. The predicted octanol–water partition coefficient (Wildman–Crippen LogP) is 2.62. The fourth-order valence-electron chi connectivity index (χ4n) is 5.64. The van der Waals surface area contributed by atoms with Crippen molar-refractivity contribution in [3.05, 3.63) is 70.0 Å². The van der Waals surface area contributed by atoms with Crippen LogP contribution in [0.2, 0.25) is 0 Å². The van der Waals surface area contributed by atoms with Crippen LogP contribution in [0.25, 0.3) is 0 Å². The summed E-state index contributed by atoms with van der Waals surface area (Å²) in [5.74, 6) is -0.293. The number of nitrogens with zero attached hydrogens (tertiary/aromatic N) is 4. The molecular formula is C27H34N6O4. The van der Waals surface area contributed by atoms with Gasteiger partial charge >= 0.3 is 0 Å². The first-order valence-corrected chi connectivity index (χ1v) is 13.1. The van der Waals surface area contributed by atoms with Gasteiger partial charge in [-0.15, -0.1) is 0 Å². The summed E-state index contributed by atoms with van der Waals surface area (Å²) >= 11 is 0. The van der Waals surface area contributed by atoms with Crippen LogP contribution < -0.4 is 11.1 Å². The van der Waals surface area contributed by atoms with E-state index in [1.165, 1.54) is 12.1 Å². The van der Waals surface area contributed by atoms with E-state index in [-0.39, 0.29) is 35.6 Å². The number of likely N-dealkylation sites (tertiary alicyclic amines) is 1. The van der Waals surface area contributed by atoms with Gasteiger partial charge in [0.2, 0.25) is 5.91 Å². The third-order valence-corrected chi connectivity index (χ3v) is 7.87. The lowest BCUT2D eigenvalue weighted by atomic mass is 9.91. The highest BCUT2D eigenvalue weighted by Gasteiger charge is 2.45. The number of aromatic nitrogens is 1. The number of amides is 2. The van der Waals surface area contributed by atoms with Gasteiger partial charge < -0.3 is 16.0 Å². The molecule has 10 heteroatoms. The summed E-state index contributed by atoms with van der Waals surface area (Å²) in [6.07, 6.45) is 9.35. The zero-order chi connectivity index (χ0) is 25.9. The molecule has 0 radical (unpaired) electrons. The number of carbonyl (C=O) groups is 2. The second-order valence-corrected chi connectivity index (χ2v) is 10.6. The van der Waals surface area contributed by atoms with Gasteiger partial charge in [0.1, 0.15) is 6.04 Å². The van der Waals surface area contributed by atoms with Gasteiger partial charge in [-0.2, -0.15) is 0 Å². The molecule has 2 aliphatic carbocycles. The predicted molar refractivity (Wildman–Crippen MR) is 138 cm³/mol. The summed E-state index contributed by atoms with van der Waals surface area (Å²) in [6, 6.07) is 10.2. The molecule has 5 rings (SSSR count). The van der Waals surface area contributed by atoms with Crippen molar-refractivity contribution in [1.82, 2.24) is 20.1 Å². The van der Waals surface area contributed by atoms with Crippen LogP contribution in [0.3, 0.4) is 0 Å². The number of benzene rings is 1. The molecule has 1 aromatic heterocycles. The maximum atomic E-state index is 13.5. The molecule has 2 saturated carbocycles. The Hall–Kier alpha value is -3.37. The van der Waals surface area contributed by atoms with Crippen molar-refractivity contribution in [1.29, 1.82) is 0 Å². The number of nitro benzene ring substituents is 1. The lowest BCUT2D eigenvalue weighted by molar-refractivity contribution is -0.384. The van der Waals surface area contributed by atoms with E-state index in [1.54, 1.807) is 41.6 Å². The molecule has 1 saturated heterocycles. The summed E-state index contributed by atoms with van der Waals surface area (Å²) in [4.78, 5) is 45.9. The number of pyridine rings is 1. The van der Waals surface area contributed by atoms with Crippen molar-refractivity contribution in [2.75, 3.05) is 6.54 Å². The minimum absolute atomic E-state index is 0.0128. The highest BCUT2D eigenvalue weighted by atomic mass is 16.6. The monoisotopic (exact) mass is 506 g/mol. The van der Waals surface area contributed by atoms with Gasteiger partial charge in [0.15, 0.2) is 0 Å². The van der Waals surface area contributed by atoms with Crippen molar-refractivity contribution in [3.8, 4) is 0 Å². The molecule has 2 aromatic rings. The topological polar surface area (TPSA) is 135 Å². The molecule has 1 aromatic carbocycles. The van der Waals surface area contributed by atoms with Crippen molar-refractivity contribution >= 4 is 17.5 Å². The quantitative estimate of drug-likeness (QED) is 0.415. The normalized spacial score (nSPS) is 25.7. The SMILES string of the molecule is NC1CCC(NC(=O)C2CC(N(Cc3ccc([N+](=O)[O-])cc3)C3CC3)CN2C(=O)c2cccnc2)CC1. The number of hydrogen-bond acceptors (Lipinski definition) is 7. The first-order chi connectivity index (χ1) is 17.9. The minimum atomic E-state index is -0.564. The van der Waals surface area contributed by atoms with Crippen LogP contribution in [-0.4, -0.2) is 68.3 Å². The first-order valence-electron chi connectivity index (χ1n) is 13.1. The molecular weight excluding hydrogens is 472 g/mol. The molecule has 196 valence electrons. The Morgan fingerprint density at radius 1 is 1.08 bits per heavy atom. The summed E-state index contributed by atoms with van der Waals surface area (Å²) in [5, 5.41) is 14.2. The lowest BCUT2D eigenvalue weighted by Crippen LogP contribution is -2.50. The number of carbonyl (C=O) groups excluding carboxylic acids is 2. The van der Waals surface area contributed by atoms with Gasteiger partial charge in [-0.1, -0.05) is 12.1 Å². The Labute approximate surface area is 216 Å². The van der Waals surface area contributed by atoms with Crippen LogP contribution in [0, 0.1) is 10.1 Å². The summed E-state index contributed by atoms with van der Waals surface area (Å²) in [6.45, 7) is 1.07. The van der Waals surface area contributed by atoms with E-state index in [1.807, 2.05) is 0 Å². The average Bonchev–Trinajstić information content (AvgIpc) is 3.66. The van der Waals surface area contributed by atoms with Gasteiger partial charge in [0.05, 0.1) is 10.5 Å². The van der Waals surface area contributed by atoms with Crippen molar-refractivity contribution < 1.29 is 14.5 Å². The van der Waals surface area contributed by atoms with Crippen molar-refractivity contribution in [2.45, 2.75) is 81.7 Å². The van der Waals surface area contributed by atoms with E-state index in [0.29, 0.717) is 31.1 Å². The maximum absolute atomic E-state index is 13.5. The van der Waals surface area contributed by atoms with E-state index in [2.05, 4.69) is 15.2 Å². The Morgan fingerprint density at radius 2 is 1.81 bits per heavy atom. The lowest BCUT2D eigenvalue weighted by Gasteiger charge is -2.30. The standard InChI is InChI=1S/C27H34N6O4/c28-20-5-7-21(8-6-20)30-26(34)25-14-24(17-32(25)27(35)19-2-1-13-29-15-19)31(22-11-12-22)16-18-3-9-23(10-4-18)33(36)37/h1-4,9-10,13,15,20-22,24-25H,5-8,11-12,14,16-17,28H2,(H,30,34). The average molecular weight is 507 g/mol. The Kier molecular flexibility index (Phi) is 7.48. The van der Waals surface area contributed by atoms with Crippen LogP contribution >= 0.6 is 0 Å². The van der Waals surface area contributed by atoms with E-state index < -0.39 is 11.0 Å². The number of hydrogen-bond donors (Lipinski definition) is 2. The molecule has 2 atom stereocenters. The van der Waals surface area contributed by atoms with Crippen LogP contribution in [0.4, 0.5) is 5.69 Å². The molecule has 3 N–H and O–H groups in total. The van der Waals surface area contributed by atoms with Crippen LogP contribution in [0.5, 0.6) is 0 Å². The molecule has 3 aliphatic rings. The summed E-state index contributed by atoms with van der Waals surface area (Å²) in [7, 11) is 0. The zero-order valence-corrected chi connectivity index (χ0v) is 20.9. The molecule has 3 fully saturated rings. The van der Waals surface area contributed by atoms with E-state index in [9.17, 15) is 19.7 Å². The van der Waals surface area contributed by atoms with Crippen molar-refractivity contribution in [2.24, 2.45) is 5.73 Å². The van der Waals surface area contributed by atoms with Crippen LogP contribution in [0.15, 0.2) is 48.8 Å². The fraction of sp³-hybridized carbons (Fsp3) is 0.519. The fourth-order valence-corrected chi connectivity index (χ4v) is 5.64. The van der Waals surface area contributed by atoms with Gasteiger partial charge in [-0.25, -0.2) is 0 Å². The summed E-state index contributed by atoms with van der Waals surface area (Å²) in [5.41, 5.74) is 7.55. The number of rotatable bonds is 8. The molecule has 2 unspecified atom stereocenters. The van der Waals surface area contributed by atoms with Crippen LogP contribution in [-0.2, 0) is 11.3 Å². The third-order valence-electron chi connectivity index (χ3n) is 7.87. The largest absolute Gasteiger partial charge is 0.352 e. The van der Waals surface area contributed by atoms with Gasteiger partial charge in [-0.3, -0.25) is 29.6 Å². The molecule has 10 nitrogen and oxygen atoms in total. The second-order valence-electron chi connectivity index (χ2n) is 10.6.